The summed E-state index contributed by atoms with van der Waals surface area (Å²) >= 11 is 0. The first-order chi connectivity index (χ1) is 9.09. The van der Waals surface area contributed by atoms with Crippen molar-refractivity contribution in [2.75, 3.05) is 17.2 Å². The maximum Gasteiger partial charge on any atom is 0.261 e. The van der Waals surface area contributed by atoms with Crippen molar-refractivity contribution in [1.29, 1.82) is 0 Å². The zero-order valence-corrected chi connectivity index (χ0v) is 11.1. The fraction of sp³-hybridized carbons (Fsp3) is 0.286. The zero-order valence-electron chi connectivity index (χ0n) is 11.1. The SMILES string of the molecule is Cc1c(C(=O)N2CCc3cccc(N)c32)cnn1C. The van der Waals surface area contributed by atoms with Gasteiger partial charge in [0, 0.05) is 19.3 Å². The van der Waals surface area contributed by atoms with E-state index in [0.717, 1.165) is 23.4 Å². The number of rotatable bonds is 1. The van der Waals surface area contributed by atoms with Crippen LogP contribution in [0.4, 0.5) is 11.4 Å². The first kappa shape index (κ1) is 11.8. The summed E-state index contributed by atoms with van der Waals surface area (Å²) in [6.07, 6.45) is 2.47. The van der Waals surface area contributed by atoms with Gasteiger partial charge in [-0.1, -0.05) is 12.1 Å². The van der Waals surface area contributed by atoms with E-state index in [4.69, 9.17) is 5.73 Å². The summed E-state index contributed by atoms with van der Waals surface area (Å²) in [7, 11) is 1.83. The molecule has 2 heterocycles. The minimum absolute atomic E-state index is 0.0257. The third-order valence-electron chi connectivity index (χ3n) is 3.74. The topological polar surface area (TPSA) is 64.2 Å². The van der Waals surface area contributed by atoms with Crippen molar-refractivity contribution >= 4 is 17.3 Å². The van der Waals surface area contributed by atoms with Crippen LogP contribution in [0.2, 0.25) is 0 Å². The van der Waals surface area contributed by atoms with Crippen LogP contribution in [0.1, 0.15) is 21.6 Å². The Kier molecular flexibility index (Phi) is 2.55. The van der Waals surface area contributed by atoms with Gasteiger partial charge in [0.1, 0.15) is 0 Å². The number of benzene rings is 1. The summed E-state index contributed by atoms with van der Waals surface area (Å²) < 4.78 is 1.71. The highest BCUT2D eigenvalue weighted by Crippen LogP contribution is 2.34. The third kappa shape index (κ3) is 1.69. The Balaban J connectivity index is 2.03. The van der Waals surface area contributed by atoms with Gasteiger partial charge in [0.25, 0.3) is 5.91 Å². The van der Waals surface area contributed by atoms with Gasteiger partial charge in [-0.2, -0.15) is 5.10 Å². The van der Waals surface area contributed by atoms with Crippen LogP contribution in [0.25, 0.3) is 0 Å². The lowest BCUT2D eigenvalue weighted by atomic mass is 10.1. The lowest BCUT2D eigenvalue weighted by Crippen LogP contribution is -2.29. The second-order valence-electron chi connectivity index (χ2n) is 4.83. The number of fused-ring (bicyclic) bond motifs is 1. The number of amides is 1. The lowest BCUT2D eigenvalue weighted by molar-refractivity contribution is 0.0989. The number of carbonyl (C=O) groups excluding carboxylic acids is 1. The van der Waals surface area contributed by atoms with E-state index in [9.17, 15) is 4.79 Å². The Morgan fingerprint density at radius 2 is 2.21 bits per heavy atom. The van der Waals surface area contributed by atoms with Gasteiger partial charge < -0.3 is 10.6 Å². The van der Waals surface area contributed by atoms with Crippen LogP contribution in [0.3, 0.4) is 0 Å². The second kappa shape index (κ2) is 4.12. The molecule has 1 aromatic heterocycles. The molecule has 3 rings (SSSR count). The van der Waals surface area contributed by atoms with Crippen LogP contribution < -0.4 is 10.6 Å². The van der Waals surface area contributed by atoms with Crippen LogP contribution >= 0.6 is 0 Å². The molecule has 5 heteroatoms. The number of nitrogen functional groups attached to an aromatic ring is 1. The van der Waals surface area contributed by atoms with Gasteiger partial charge in [-0.05, 0) is 25.0 Å². The number of carbonyl (C=O) groups is 1. The Morgan fingerprint density at radius 3 is 2.89 bits per heavy atom. The minimum atomic E-state index is -0.0257. The molecular weight excluding hydrogens is 240 g/mol. The Hall–Kier alpha value is -2.30. The molecule has 98 valence electrons. The van der Waals surface area contributed by atoms with Crippen molar-refractivity contribution in [2.24, 2.45) is 7.05 Å². The minimum Gasteiger partial charge on any atom is -0.397 e. The lowest BCUT2D eigenvalue weighted by Gasteiger charge is -2.18. The average Bonchev–Trinajstić information content (AvgIpc) is 2.95. The molecule has 0 atom stereocenters. The summed E-state index contributed by atoms with van der Waals surface area (Å²) in [5, 5.41) is 4.12. The summed E-state index contributed by atoms with van der Waals surface area (Å²) in [4.78, 5) is 14.4. The molecule has 2 aromatic rings. The van der Waals surface area contributed by atoms with Crippen LogP contribution in [-0.2, 0) is 13.5 Å². The standard InChI is InChI=1S/C14H16N4O/c1-9-11(8-16-17(9)2)14(19)18-7-6-10-4-3-5-12(15)13(10)18/h3-5,8H,6-7,15H2,1-2H3. The summed E-state index contributed by atoms with van der Waals surface area (Å²) in [5.41, 5.74) is 10.2. The van der Waals surface area contributed by atoms with Gasteiger partial charge in [-0.15, -0.1) is 0 Å². The van der Waals surface area contributed by atoms with E-state index >= 15 is 0 Å². The van der Waals surface area contributed by atoms with Gasteiger partial charge >= 0.3 is 0 Å². The van der Waals surface area contributed by atoms with Gasteiger partial charge in [0.15, 0.2) is 0 Å². The first-order valence-corrected chi connectivity index (χ1v) is 6.27. The smallest absolute Gasteiger partial charge is 0.261 e. The number of para-hydroxylation sites is 1. The van der Waals surface area contributed by atoms with Gasteiger partial charge in [-0.3, -0.25) is 9.48 Å². The third-order valence-corrected chi connectivity index (χ3v) is 3.74. The molecule has 0 aliphatic carbocycles. The average molecular weight is 256 g/mol. The summed E-state index contributed by atoms with van der Waals surface area (Å²) in [6.45, 7) is 2.57. The number of hydrogen-bond acceptors (Lipinski definition) is 3. The number of nitrogens with zero attached hydrogens (tertiary/aromatic N) is 3. The predicted octanol–water partition coefficient (Wildman–Crippen LogP) is 1.51. The highest BCUT2D eigenvalue weighted by atomic mass is 16.2. The molecular formula is C14H16N4O. The molecule has 0 fully saturated rings. The van der Waals surface area contributed by atoms with Gasteiger partial charge in [-0.25, -0.2) is 0 Å². The van der Waals surface area contributed by atoms with E-state index < -0.39 is 0 Å². The fourth-order valence-corrected chi connectivity index (χ4v) is 2.54. The molecule has 19 heavy (non-hydrogen) atoms. The number of hydrogen-bond donors (Lipinski definition) is 1. The Morgan fingerprint density at radius 1 is 1.42 bits per heavy atom. The fourth-order valence-electron chi connectivity index (χ4n) is 2.54. The second-order valence-corrected chi connectivity index (χ2v) is 4.83. The van der Waals surface area contributed by atoms with Gasteiger partial charge in [0.05, 0.1) is 23.1 Å². The zero-order chi connectivity index (χ0) is 13.6. The van der Waals surface area contributed by atoms with E-state index in [1.807, 2.05) is 32.2 Å². The van der Waals surface area contributed by atoms with E-state index in [1.165, 1.54) is 0 Å². The largest absolute Gasteiger partial charge is 0.397 e. The monoisotopic (exact) mass is 256 g/mol. The summed E-state index contributed by atoms with van der Waals surface area (Å²) in [5.74, 6) is -0.0257. The first-order valence-electron chi connectivity index (χ1n) is 6.27. The maximum atomic E-state index is 12.6. The highest BCUT2D eigenvalue weighted by Gasteiger charge is 2.29. The van der Waals surface area contributed by atoms with E-state index in [-0.39, 0.29) is 5.91 Å². The Labute approximate surface area is 111 Å². The molecule has 1 amide bonds. The molecule has 5 nitrogen and oxygen atoms in total. The van der Waals surface area contributed by atoms with Crippen molar-refractivity contribution in [3.05, 3.63) is 41.2 Å². The summed E-state index contributed by atoms with van der Waals surface area (Å²) in [6, 6.07) is 5.78. The molecule has 1 aromatic carbocycles. The normalized spacial score (nSPS) is 13.7. The van der Waals surface area contributed by atoms with Crippen LogP contribution in [0, 0.1) is 6.92 Å². The Bertz CT molecular complexity index is 659. The quantitative estimate of drug-likeness (QED) is 0.787. The van der Waals surface area contributed by atoms with Crippen LogP contribution in [-0.4, -0.2) is 22.2 Å². The molecule has 0 bridgehead atoms. The van der Waals surface area contributed by atoms with Gasteiger partial charge in [0.2, 0.25) is 0 Å². The molecule has 0 saturated carbocycles. The predicted molar refractivity (Wildman–Crippen MR) is 74.2 cm³/mol. The van der Waals surface area contributed by atoms with E-state index in [0.29, 0.717) is 17.8 Å². The number of nitrogens with two attached hydrogens (primary N) is 1. The number of aromatic nitrogens is 2. The highest BCUT2D eigenvalue weighted by molar-refractivity contribution is 6.09. The van der Waals surface area contributed by atoms with Crippen molar-refractivity contribution in [2.45, 2.75) is 13.3 Å². The molecule has 1 aliphatic rings. The number of anilines is 2. The molecule has 0 spiro atoms. The molecule has 0 saturated heterocycles. The maximum absolute atomic E-state index is 12.6. The number of aryl methyl sites for hydroxylation is 1. The van der Waals surface area contributed by atoms with Crippen molar-refractivity contribution in [1.82, 2.24) is 9.78 Å². The van der Waals surface area contributed by atoms with Crippen molar-refractivity contribution < 1.29 is 4.79 Å². The molecule has 2 N–H and O–H groups in total. The van der Waals surface area contributed by atoms with Crippen molar-refractivity contribution in [3.8, 4) is 0 Å². The molecule has 1 aliphatic heterocycles. The molecule has 0 radical (unpaired) electrons. The van der Waals surface area contributed by atoms with Crippen LogP contribution in [0.15, 0.2) is 24.4 Å². The van der Waals surface area contributed by atoms with Crippen molar-refractivity contribution in [3.63, 3.8) is 0 Å². The van der Waals surface area contributed by atoms with E-state index in [2.05, 4.69) is 5.10 Å². The van der Waals surface area contributed by atoms with Crippen LogP contribution in [0.5, 0.6) is 0 Å². The molecule has 0 unspecified atom stereocenters. The van der Waals surface area contributed by atoms with E-state index in [1.54, 1.807) is 15.8 Å².